The topological polar surface area (TPSA) is 27.7 Å². The summed E-state index contributed by atoms with van der Waals surface area (Å²) in [5.74, 6) is 0. The standard InChI is InChI=1S/C11H23O3/c1-10(2,3)8-11(4,14-7)9(12-5)13-6/h8H2,1-7H3. The quantitative estimate of drug-likeness (QED) is 0.687. The Labute approximate surface area is 87.7 Å². The van der Waals surface area contributed by atoms with Crippen LogP contribution in [-0.4, -0.2) is 26.9 Å². The molecular weight excluding hydrogens is 180 g/mol. The van der Waals surface area contributed by atoms with Gasteiger partial charge in [-0.15, -0.1) is 0 Å². The van der Waals surface area contributed by atoms with Gasteiger partial charge in [-0.25, -0.2) is 0 Å². The Hall–Kier alpha value is -0.120. The summed E-state index contributed by atoms with van der Waals surface area (Å²) in [6.07, 6.45) is 1.36. The summed E-state index contributed by atoms with van der Waals surface area (Å²) in [4.78, 5) is 0. The van der Waals surface area contributed by atoms with Crippen molar-refractivity contribution in [3.63, 3.8) is 0 Å². The summed E-state index contributed by atoms with van der Waals surface area (Å²) in [7, 11) is 4.86. The van der Waals surface area contributed by atoms with E-state index in [4.69, 9.17) is 14.2 Å². The number of ether oxygens (including phenoxy) is 3. The molecule has 0 amide bonds. The monoisotopic (exact) mass is 203 g/mol. The minimum Gasteiger partial charge on any atom is -0.373 e. The third kappa shape index (κ3) is 3.95. The van der Waals surface area contributed by atoms with Gasteiger partial charge in [-0.1, -0.05) is 20.8 Å². The zero-order valence-corrected chi connectivity index (χ0v) is 10.4. The average Bonchev–Trinajstić information content (AvgIpc) is 2.03. The zero-order chi connectivity index (χ0) is 11.4. The SMILES string of the molecule is CO[C](OC)C(C)(CC(C)(C)C)OC. The van der Waals surface area contributed by atoms with Crippen LogP contribution in [0.25, 0.3) is 0 Å². The highest BCUT2D eigenvalue weighted by molar-refractivity contribution is 4.95. The second-order valence-corrected chi connectivity index (χ2v) is 4.87. The Morgan fingerprint density at radius 2 is 1.36 bits per heavy atom. The highest BCUT2D eigenvalue weighted by Crippen LogP contribution is 2.36. The molecule has 0 bridgehead atoms. The first-order chi connectivity index (χ1) is 6.29. The molecule has 14 heavy (non-hydrogen) atoms. The molecule has 0 fully saturated rings. The number of hydrogen-bond acceptors (Lipinski definition) is 3. The molecule has 3 heteroatoms. The molecule has 0 N–H and O–H groups in total. The largest absolute Gasteiger partial charge is 0.373 e. The fourth-order valence-corrected chi connectivity index (χ4v) is 1.75. The predicted molar refractivity (Wildman–Crippen MR) is 56.7 cm³/mol. The Bertz CT molecular complexity index is 158. The number of methoxy groups -OCH3 is 3. The minimum atomic E-state index is -0.484. The molecule has 1 unspecified atom stereocenters. The molecule has 0 aromatic rings. The lowest BCUT2D eigenvalue weighted by atomic mass is 9.82. The normalized spacial score (nSPS) is 17.1. The molecule has 85 valence electrons. The third-order valence-electron chi connectivity index (χ3n) is 2.12. The first-order valence-corrected chi connectivity index (χ1v) is 4.79. The van der Waals surface area contributed by atoms with Crippen LogP contribution in [0.1, 0.15) is 34.1 Å². The molecule has 0 spiro atoms. The van der Waals surface area contributed by atoms with Crippen molar-refractivity contribution in [3.05, 3.63) is 6.29 Å². The predicted octanol–water partition coefficient (Wildman–Crippen LogP) is 2.61. The van der Waals surface area contributed by atoms with Gasteiger partial charge >= 0.3 is 0 Å². The maximum Gasteiger partial charge on any atom is 0.256 e. The molecule has 0 saturated carbocycles. The van der Waals surface area contributed by atoms with Crippen molar-refractivity contribution in [1.82, 2.24) is 0 Å². The number of hydrogen-bond donors (Lipinski definition) is 0. The molecule has 0 aliphatic heterocycles. The van der Waals surface area contributed by atoms with Crippen LogP contribution in [0.2, 0.25) is 0 Å². The van der Waals surface area contributed by atoms with Gasteiger partial charge in [0, 0.05) is 21.3 Å². The van der Waals surface area contributed by atoms with Crippen LogP contribution in [0.15, 0.2) is 0 Å². The molecule has 0 aliphatic carbocycles. The summed E-state index contributed by atoms with van der Waals surface area (Å²) < 4.78 is 15.8. The smallest absolute Gasteiger partial charge is 0.256 e. The van der Waals surface area contributed by atoms with E-state index < -0.39 is 5.60 Å². The lowest BCUT2D eigenvalue weighted by Crippen LogP contribution is -2.40. The van der Waals surface area contributed by atoms with Gasteiger partial charge in [0.25, 0.3) is 6.29 Å². The zero-order valence-electron chi connectivity index (χ0n) is 10.4. The van der Waals surface area contributed by atoms with E-state index in [9.17, 15) is 0 Å². The van der Waals surface area contributed by atoms with E-state index in [1.807, 2.05) is 6.92 Å². The Morgan fingerprint density at radius 1 is 0.929 bits per heavy atom. The molecule has 0 aliphatic rings. The second kappa shape index (κ2) is 5.10. The van der Waals surface area contributed by atoms with Gasteiger partial charge < -0.3 is 14.2 Å². The summed E-state index contributed by atoms with van der Waals surface area (Å²) in [5.41, 5.74) is -0.325. The Balaban J connectivity index is 4.60. The first kappa shape index (κ1) is 13.9. The fourth-order valence-electron chi connectivity index (χ4n) is 1.75. The summed E-state index contributed by atoms with van der Waals surface area (Å²) in [6, 6.07) is 0. The van der Waals surface area contributed by atoms with E-state index in [1.54, 1.807) is 21.3 Å². The third-order valence-corrected chi connectivity index (χ3v) is 2.12. The van der Waals surface area contributed by atoms with Crippen LogP contribution in [-0.2, 0) is 14.2 Å². The maximum atomic E-state index is 5.47. The van der Waals surface area contributed by atoms with E-state index in [2.05, 4.69) is 20.8 Å². The van der Waals surface area contributed by atoms with E-state index in [-0.39, 0.29) is 5.41 Å². The van der Waals surface area contributed by atoms with Crippen LogP contribution in [0, 0.1) is 11.7 Å². The van der Waals surface area contributed by atoms with E-state index in [0.717, 1.165) is 6.42 Å². The summed E-state index contributed by atoms with van der Waals surface area (Å²) in [5, 5.41) is 0. The molecule has 0 aromatic heterocycles. The summed E-state index contributed by atoms with van der Waals surface area (Å²) in [6.45, 7) is 8.45. The average molecular weight is 203 g/mol. The van der Waals surface area contributed by atoms with Crippen LogP contribution < -0.4 is 0 Å². The second-order valence-electron chi connectivity index (χ2n) is 4.87. The molecule has 0 heterocycles. The highest BCUT2D eigenvalue weighted by Gasteiger charge is 2.40. The van der Waals surface area contributed by atoms with Gasteiger partial charge in [-0.2, -0.15) is 0 Å². The molecule has 0 aromatic carbocycles. The van der Waals surface area contributed by atoms with Gasteiger partial charge in [0.05, 0.1) is 0 Å². The highest BCUT2D eigenvalue weighted by atomic mass is 16.7. The van der Waals surface area contributed by atoms with Crippen LogP contribution >= 0.6 is 0 Å². The van der Waals surface area contributed by atoms with E-state index in [0.29, 0.717) is 6.29 Å². The van der Waals surface area contributed by atoms with E-state index >= 15 is 0 Å². The van der Waals surface area contributed by atoms with Crippen molar-refractivity contribution in [1.29, 1.82) is 0 Å². The van der Waals surface area contributed by atoms with Gasteiger partial charge in [0.15, 0.2) is 0 Å². The van der Waals surface area contributed by atoms with Crippen molar-refractivity contribution in [2.24, 2.45) is 5.41 Å². The van der Waals surface area contributed by atoms with Gasteiger partial charge in [0.2, 0.25) is 0 Å². The first-order valence-electron chi connectivity index (χ1n) is 4.79. The lowest BCUT2D eigenvalue weighted by Gasteiger charge is -2.37. The van der Waals surface area contributed by atoms with Gasteiger partial charge in [0.1, 0.15) is 5.60 Å². The lowest BCUT2D eigenvalue weighted by molar-refractivity contribution is -0.149. The van der Waals surface area contributed by atoms with Crippen LogP contribution in [0.4, 0.5) is 0 Å². The molecule has 1 radical (unpaired) electrons. The minimum absolute atomic E-state index is 0.160. The summed E-state index contributed by atoms with van der Waals surface area (Å²) >= 11 is 0. The van der Waals surface area contributed by atoms with Crippen molar-refractivity contribution >= 4 is 0 Å². The van der Waals surface area contributed by atoms with Crippen molar-refractivity contribution in [2.45, 2.75) is 39.7 Å². The Morgan fingerprint density at radius 3 is 1.57 bits per heavy atom. The van der Waals surface area contributed by atoms with Crippen LogP contribution in [0.5, 0.6) is 0 Å². The van der Waals surface area contributed by atoms with Crippen molar-refractivity contribution < 1.29 is 14.2 Å². The van der Waals surface area contributed by atoms with E-state index in [1.165, 1.54) is 0 Å². The van der Waals surface area contributed by atoms with Crippen molar-refractivity contribution in [2.75, 3.05) is 21.3 Å². The fraction of sp³-hybridized carbons (Fsp3) is 0.909. The molecule has 1 atom stereocenters. The van der Waals surface area contributed by atoms with Gasteiger partial charge in [-0.05, 0) is 18.8 Å². The molecule has 0 rings (SSSR count). The van der Waals surface area contributed by atoms with Crippen LogP contribution in [0.3, 0.4) is 0 Å². The molecular formula is C11H23O3. The maximum absolute atomic E-state index is 5.47. The van der Waals surface area contributed by atoms with Gasteiger partial charge in [-0.3, -0.25) is 0 Å². The van der Waals surface area contributed by atoms with Crippen molar-refractivity contribution in [3.8, 4) is 0 Å². The molecule has 3 nitrogen and oxygen atoms in total. The molecule has 0 saturated heterocycles. The number of rotatable bonds is 5. The Kier molecular flexibility index (Phi) is 5.06.